The Hall–Kier alpha value is -2.96. The molecule has 1 saturated carbocycles. The lowest BCUT2D eigenvalue weighted by Crippen LogP contribution is -2.36. The second-order valence-corrected chi connectivity index (χ2v) is 10.8. The van der Waals surface area contributed by atoms with Gasteiger partial charge >= 0.3 is 0 Å². The molecule has 6 rings (SSSR count). The van der Waals surface area contributed by atoms with Crippen molar-refractivity contribution in [2.75, 3.05) is 24.5 Å². The maximum atomic E-state index is 13.3. The molecule has 1 aromatic carbocycles. The lowest BCUT2D eigenvalue weighted by molar-refractivity contribution is -0.118. The zero-order valence-corrected chi connectivity index (χ0v) is 21.1. The molecule has 3 aromatic rings. The number of aliphatic hydroxyl groups is 1. The number of rotatable bonds is 3. The van der Waals surface area contributed by atoms with Gasteiger partial charge in [0.05, 0.1) is 23.7 Å². The Labute approximate surface area is 216 Å². The summed E-state index contributed by atoms with van der Waals surface area (Å²) in [6.45, 7) is 1.87. The highest BCUT2D eigenvalue weighted by atomic mass is 32.2. The summed E-state index contributed by atoms with van der Waals surface area (Å²) in [7, 11) is 0. The zero-order chi connectivity index (χ0) is 25.9. The van der Waals surface area contributed by atoms with E-state index < -0.39 is 22.8 Å². The Kier molecular flexibility index (Phi) is 7.77. The molecule has 1 atom stereocenters. The van der Waals surface area contributed by atoms with Crippen molar-refractivity contribution in [1.29, 1.82) is 0 Å². The van der Waals surface area contributed by atoms with E-state index in [1.54, 1.807) is 10.5 Å². The average molecular weight is 533 g/mol. The topological polar surface area (TPSA) is 114 Å². The van der Waals surface area contributed by atoms with Crippen LogP contribution in [0.1, 0.15) is 44.9 Å². The fourth-order valence-corrected chi connectivity index (χ4v) is 6.06. The Balaban J connectivity index is 0.000000182. The number of carbonyl (C=O) groups is 1. The number of hydrogen-bond acceptors (Lipinski definition) is 6. The van der Waals surface area contributed by atoms with Crippen LogP contribution in [-0.2, 0) is 16.0 Å². The quantitative estimate of drug-likeness (QED) is 0.478. The van der Waals surface area contributed by atoms with Gasteiger partial charge in [0.2, 0.25) is 5.91 Å². The number of carbonyl (C=O) groups excluding carboxylic acids is 1. The van der Waals surface area contributed by atoms with E-state index in [1.807, 2.05) is 12.1 Å². The SMILES string of the molecule is O=C1CN(C2CCCCC2)S(=O)N1.OC1CCN(c2ccc(-c3nc4cc(F)c(F)cc4[nH]3)cn2)CC1. The van der Waals surface area contributed by atoms with Gasteiger partial charge in [0.1, 0.15) is 11.6 Å². The van der Waals surface area contributed by atoms with Gasteiger partial charge in [0, 0.05) is 43.0 Å². The predicted molar refractivity (Wildman–Crippen MR) is 137 cm³/mol. The highest BCUT2D eigenvalue weighted by Crippen LogP contribution is 2.25. The van der Waals surface area contributed by atoms with Gasteiger partial charge in [-0.15, -0.1) is 0 Å². The summed E-state index contributed by atoms with van der Waals surface area (Å²) < 4.78 is 42.2. The van der Waals surface area contributed by atoms with Crippen LogP contribution < -0.4 is 9.62 Å². The molecule has 3 N–H and O–H groups in total. The normalized spacial score (nSPS) is 21.6. The summed E-state index contributed by atoms with van der Waals surface area (Å²) in [4.78, 5) is 24.8. The Morgan fingerprint density at radius 2 is 1.76 bits per heavy atom. The van der Waals surface area contributed by atoms with Gasteiger partial charge in [-0.05, 0) is 37.8 Å². The zero-order valence-electron chi connectivity index (χ0n) is 20.3. The van der Waals surface area contributed by atoms with Gasteiger partial charge in [0.15, 0.2) is 22.8 Å². The molecule has 1 unspecified atom stereocenters. The molecule has 0 radical (unpaired) electrons. The van der Waals surface area contributed by atoms with Crippen molar-refractivity contribution >= 4 is 33.9 Å². The number of nitrogens with zero attached hydrogens (tertiary/aromatic N) is 4. The number of aliphatic hydroxyl groups excluding tert-OH is 1. The predicted octanol–water partition coefficient (Wildman–Crippen LogP) is 3.19. The first-order valence-electron chi connectivity index (χ1n) is 12.6. The molecular formula is C25H30F2N6O3S. The third-order valence-corrected chi connectivity index (χ3v) is 8.28. The monoisotopic (exact) mass is 532 g/mol. The van der Waals surface area contributed by atoms with E-state index in [0.717, 1.165) is 62.3 Å². The van der Waals surface area contributed by atoms with Crippen LogP contribution >= 0.6 is 0 Å². The molecule has 0 spiro atoms. The molecule has 4 heterocycles. The molecule has 9 nitrogen and oxygen atoms in total. The number of aromatic nitrogens is 3. The number of amides is 1. The molecule has 12 heteroatoms. The average Bonchev–Trinajstić information content (AvgIpc) is 3.47. The second-order valence-electron chi connectivity index (χ2n) is 9.63. The lowest BCUT2D eigenvalue weighted by Gasteiger charge is -2.30. The first kappa shape index (κ1) is 25.7. The van der Waals surface area contributed by atoms with E-state index in [0.29, 0.717) is 29.4 Å². The van der Waals surface area contributed by atoms with Gasteiger partial charge in [-0.25, -0.2) is 23.0 Å². The first-order valence-corrected chi connectivity index (χ1v) is 13.7. The number of H-pyrrole nitrogens is 1. The van der Waals surface area contributed by atoms with Crippen LogP contribution in [0.15, 0.2) is 30.5 Å². The van der Waals surface area contributed by atoms with Gasteiger partial charge in [0.25, 0.3) is 0 Å². The fraction of sp³-hybridized carbons (Fsp3) is 0.480. The Morgan fingerprint density at radius 1 is 1.03 bits per heavy atom. The number of halogens is 2. The van der Waals surface area contributed by atoms with Gasteiger partial charge in [-0.1, -0.05) is 19.3 Å². The molecule has 2 aliphatic heterocycles. The molecule has 3 fully saturated rings. The molecule has 1 aliphatic carbocycles. The molecule has 2 aromatic heterocycles. The summed E-state index contributed by atoms with van der Waals surface area (Å²) >= 11 is -1.25. The van der Waals surface area contributed by atoms with Crippen molar-refractivity contribution in [3.8, 4) is 11.4 Å². The standard InChI is InChI=1S/C17H16F2N4O.C8H14N2O2S/c18-12-7-14-15(8-13(12)19)22-17(21-14)10-1-2-16(20-9-10)23-5-3-11(24)4-6-23;11-8-6-10(13(12)9-8)7-4-2-1-3-5-7/h1-2,7-9,11,24H,3-6H2,(H,21,22);7H,1-6H2,(H,9,11). The van der Waals surface area contributed by atoms with Crippen molar-refractivity contribution in [1.82, 2.24) is 24.0 Å². The van der Waals surface area contributed by atoms with E-state index in [1.165, 1.54) is 19.3 Å². The van der Waals surface area contributed by atoms with Crippen LogP contribution in [0, 0.1) is 11.6 Å². The van der Waals surface area contributed by atoms with Crippen LogP contribution in [0.4, 0.5) is 14.6 Å². The van der Waals surface area contributed by atoms with Crippen LogP contribution in [0.2, 0.25) is 0 Å². The van der Waals surface area contributed by atoms with Crippen molar-refractivity contribution in [2.45, 2.75) is 57.1 Å². The third-order valence-electron chi connectivity index (χ3n) is 7.03. The van der Waals surface area contributed by atoms with E-state index in [2.05, 4.69) is 24.6 Å². The minimum atomic E-state index is -1.25. The molecule has 1 amide bonds. The van der Waals surface area contributed by atoms with E-state index in [4.69, 9.17) is 0 Å². The molecule has 2 saturated heterocycles. The maximum Gasteiger partial charge on any atom is 0.247 e. The van der Waals surface area contributed by atoms with E-state index >= 15 is 0 Å². The number of imidazole rings is 1. The second kappa shape index (κ2) is 11.2. The lowest BCUT2D eigenvalue weighted by atomic mass is 9.95. The summed E-state index contributed by atoms with van der Waals surface area (Å²) in [5, 5.41) is 9.56. The largest absolute Gasteiger partial charge is 0.393 e. The van der Waals surface area contributed by atoms with Crippen LogP contribution in [-0.4, -0.2) is 66.3 Å². The number of hydrogen-bond donors (Lipinski definition) is 3. The van der Waals surface area contributed by atoms with Crippen molar-refractivity contribution < 1.29 is 22.9 Å². The summed E-state index contributed by atoms with van der Waals surface area (Å²) in [6, 6.07) is 6.29. The smallest absolute Gasteiger partial charge is 0.247 e. The number of piperidine rings is 1. The number of aromatic amines is 1. The van der Waals surface area contributed by atoms with Crippen LogP contribution in [0.3, 0.4) is 0 Å². The number of fused-ring (bicyclic) bond motifs is 1. The maximum absolute atomic E-state index is 13.3. The Morgan fingerprint density at radius 3 is 2.41 bits per heavy atom. The van der Waals surface area contributed by atoms with Gasteiger partial charge < -0.3 is 15.0 Å². The summed E-state index contributed by atoms with van der Waals surface area (Å²) in [5.74, 6) is -0.564. The van der Waals surface area contributed by atoms with Gasteiger partial charge in [-0.2, -0.15) is 4.31 Å². The third kappa shape index (κ3) is 5.97. The minimum Gasteiger partial charge on any atom is -0.393 e. The summed E-state index contributed by atoms with van der Waals surface area (Å²) in [5.41, 5.74) is 1.56. The number of anilines is 1. The number of pyridine rings is 1. The minimum absolute atomic E-state index is 0.107. The van der Waals surface area contributed by atoms with Crippen molar-refractivity contribution in [3.05, 3.63) is 42.1 Å². The van der Waals surface area contributed by atoms with Crippen molar-refractivity contribution in [2.24, 2.45) is 0 Å². The van der Waals surface area contributed by atoms with E-state index in [9.17, 15) is 22.9 Å². The highest BCUT2D eigenvalue weighted by molar-refractivity contribution is 7.81. The Bertz CT molecular complexity index is 1230. The summed E-state index contributed by atoms with van der Waals surface area (Å²) in [6.07, 6.45) is 8.79. The first-order chi connectivity index (χ1) is 17.9. The molecule has 198 valence electrons. The van der Waals surface area contributed by atoms with Crippen LogP contribution in [0.25, 0.3) is 22.4 Å². The molecular weight excluding hydrogens is 502 g/mol. The molecule has 0 bridgehead atoms. The molecule has 37 heavy (non-hydrogen) atoms. The highest BCUT2D eigenvalue weighted by Gasteiger charge is 2.33. The van der Waals surface area contributed by atoms with Crippen LogP contribution in [0.5, 0.6) is 0 Å². The fourth-order valence-electron chi connectivity index (χ4n) is 4.97. The van der Waals surface area contributed by atoms with E-state index in [-0.39, 0.29) is 12.0 Å². The van der Waals surface area contributed by atoms with Gasteiger partial charge in [-0.3, -0.25) is 9.52 Å². The number of nitrogens with one attached hydrogen (secondary N) is 2. The number of benzene rings is 1. The molecule has 3 aliphatic rings. The van der Waals surface area contributed by atoms with Crippen molar-refractivity contribution in [3.63, 3.8) is 0 Å².